The van der Waals surface area contributed by atoms with E-state index in [4.69, 9.17) is 14.6 Å². The summed E-state index contributed by atoms with van der Waals surface area (Å²) in [6.45, 7) is 0.553. The summed E-state index contributed by atoms with van der Waals surface area (Å²) in [5.41, 5.74) is 2.56. The summed E-state index contributed by atoms with van der Waals surface area (Å²) >= 11 is 0. The number of hydrogen-bond donors (Lipinski definition) is 1. The van der Waals surface area contributed by atoms with Crippen LogP contribution < -0.4 is 9.47 Å². The summed E-state index contributed by atoms with van der Waals surface area (Å²) in [5, 5.41) is 8.88. The van der Waals surface area contributed by atoms with Crippen molar-refractivity contribution < 1.29 is 27.8 Å². The molecule has 1 aliphatic heterocycles. The second-order valence-corrected chi connectivity index (χ2v) is 8.54. The van der Waals surface area contributed by atoms with E-state index >= 15 is 0 Å². The van der Waals surface area contributed by atoms with E-state index in [1.807, 2.05) is 36.4 Å². The van der Waals surface area contributed by atoms with E-state index in [0.717, 1.165) is 17.2 Å². The maximum atomic E-state index is 13.4. The average molecular weight is 429 g/mol. The quantitative estimate of drug-likeness (QED) is 0.679. The third-order valence-corrected chi connectivity index (χ3v) is 6.69. The molecule has 30 heavy (non-hydrogen) atoms. The molecule has 2 aromatic rings. The third-order valence-electron chi connectivity index (χ3n) is 4.82. The molecule has 0 spiro atoms. The lowest BCUT2D eigenvalue weighted by Crippen LogP contribution is -2.35. The number of benzene rings is 2. The summed E-state index contributed by atoms with van der Waals surface area (Å²) in [5.74, 6) is -0.840. The van der Waals surface area contributed by atoms with Crippen molar-refractivity contribution in [1.82, 2.24) is 4.31 Å². The number of ether oxygens (including phenoxy) is 2. The minimum absolute atomic E-state index is 0.0639. The highest BCUT2D eigenvalue weighted by molar-refractivity contribution is 7.89. The van der Waals surface area contributed by atoms with Gasteiger partial charge in [-0.25, -0.2) is 13.2 Å². The lowest BCUT2D eigenvalue weighted by atomic mass is 10.0. The summed E-state index contributed by atoms with van der Waals surface area (Å²) < 4.78 is 38.8. The van der Waals surface area contributed by atoms with Crippen LogP contribution in [0.2, 0.25) is 0 Å². The van der Waals surface area contributed by atoms with Crippen LogP contribution in [-0.2, 0) is 14.8 Å². The molecule has 0 atom stereocenters. The minimum Gasteiger partial charge on any atom is -0.493 e. The summed E-state index contributed by atoms with van der Waals surface area (Å²) in [7, 11) is -1.14. The van der Waals surface area contributed by atoms with Crippen LogP contribution in [0.15, 0.2) is 59.5 Å². The first kappa shape index (κ1) is 21.6. The number of methoxy groups -OCH3 is 2. The van der Waals surface area contributed by atoms with Gasteiger partial charge < -0.3 is 14.6 Å². The van der Waals surface area contributed by atoms with Gasteiger partial charge >= 0.3 is 5.97 Å². The fraction of sp³-hybridized carbons (Fsp3) is 0.227. The predicted octanol–water partition coefficient (Wildman–Crippen LogP) is 3.28. The van der Waals surface area contributed by atoms with Crippen LogP contribution in [0.25, 0.3) is 11.6 Å². The zero-order valence-corrected chi connectivity index (χ0v) is 17.6. The van der Waals surface area contributed by atoms with Gasteiger partial charge in [0.05, 0.1) is 14.2 Å². The molecule has 1 N–H and O–H groups in total. The highest BCUT2D eigenvalue weighted by Crippen LogP contribution is 2.38. The largest absolute Gasteiger partial charge is 0.493 e. The Balaban J connectivity index is 1.98. The molecular weight excluding hydrogens is 406 g/mol. The Morgan fingerprint density at radius 3 is 2.43 bits per heavy atom. The van der Waals surface area contributed by atoms with E-state index in [0.29, 0.717) is 18.5 Å². The van der Waals surface area contributed by atoms with Gasteiger partial charge in [-0.1, -0.05) is 36.4 Å². The number of hydrogen-bond acceptors (Lipinski definition) is 5. The number of carboxylic acids is 1. The van der Waals surface area contributed by atoms with Crippen molar-refractivity contribution in [3.05, 3.63) is 65.7 Å². The average Bonchev–Trinajstić information content (AvgIpc) is 2.77. The molecule has 8 heteroatoms. The van der Waals surface area contributed by atoms with Gasteiger partial charge in [-0.05, 0) is 41.3 Å². The van der Waals surface area contributed by atoms with Crippen LogP contribution >= 0.6 is 0 Å². The van der Waals surface area contributed by atoms with Gasteiger partial charge in [0, 0.05) is 19.2 Å². The van der Waals surface area contributed by atoms with Crippen LogP contribution in [0.4, 0.5) is 0 Å². The SMILES string of the molecule is COc1cc(/C=C\C(=O)O)cc(S(=O)(=O)N2CC=C(c3ccccc3)CC2)c1OC. The Morgan fingerprint density at radius 2 is 1.87 bits per heavy atom. The van der Waals surface area contributed by atoms with Crippen LogP contribution in [-0.4, -0.2) is 51.1 Å². The Hall–Kier alpha value is -3.10. The number of carboxylic acid groups (broad SMARTS) is 1. The van der Waals surface area contributed by atoms with Gasteiger partial charge in [0.1, 0.15) is 4.90 Å². The number of carbonyl (C=O) groups is 1. The lowest BCUT2D eigenvalue weighted by Gasteiger charge is -2.27. The Kier molecular flexibility index (Phi) is 6.59. The first-order valence-corrected chi connectivity index (χ1v) is 10.7. The zero-order valence-electron chi connectivity index (χ0n) is 16.7. The number of aliphatic carboxylic acids is 1. The maximum absolute atomic E-state index is 13.4. The fourth-order valence-corrected chi connectivity index (χ4v) is 4.91. The van der Waals surface area contributed by atoms with E-state index in [2.05, 4.69) is 0 Å². The molecule has 7 nitrogen and oxygen atoms in total. The molecule has 0 fully saturated rings. The number of nitrogens with zero attached hydrogens (tertiary/aromatic N) is 1. The Bertz CT molecular complexity index is 1090. The second kappa shape index (κ2) is 9.15. The molecule has 2 aromatic carbocycles. The Labute approximate surface area is 175 Å². The molecule has 0 amide bonds. The van der Waals surface area contributed by atoms with E-state index in [-0.39, 0.29) is 22.9 Å². The van der Waals surface area contributed by atoms with E-state index in [1.165, 1.54) is 36.7 Å². The molecular formula is C22H23NO6S. The fourth-order valence-electron chi connectivity index (χ4n) is 3.33. The van der Waals surface area contributed by atoms with Gasteiger partial charge in [0.2, 0.25) is 10.0 Å². The molecule has 0 radical (unpaired) electrons. The molecule has 0 bridgehead atoms. The van der Waals surface area contributed by atoms with Gasteiger partial charge in [-0.3, -0.25) is 0 Å². The van der Waals surface area contributed by atoms with Crippen molar-refractivity contribution in [2.24, 2.45) is 0 Å². The van der Waals surface area contributed by atoms with Crippen molar-refractivity contribution >= 4 is 27.6 Å². The number of sulfonamides is 1. The van der Waals surface area contributed by atoms with Gasteiger partial charge in [0.15, 0.2) is 11.5 Å². The predicted molar refractivity (Wildman–Crippen MR) is 114 cm³/mol. The molecule has 3 rings (SSSR count). The molecule has 0 unspecified atom stereocenters. The lowest BCUT2D eigenvalue weighted by molar-refractivity contribution is -0.131. The topological polar surface area (TPSA) is 93.1 Å². The molecule has 0 aromatic heterocycles. The smallest absolute Gasteiger partial charge is 0.328 e. The maximum Gasteiger partial charge on any atom is 0.328 e. The molecule has 158 valence electrons. The summed E-state index contributed by atoms with van der Waals surface area (Å²) in [6, 6.07) is 12.8. The van der Waals surface area contributed by atoms with Crippen molar-refractivity contribution in [2.75, 3.05) is 27.3 Å². The normalized spacial score (nSPS) is 15.1. The van der Waals surface area contributed by atoms with Crippen molar-refractivity contribution in [3.8, 4) is 11.5 Å². The van der Waals surface area contributed by atoms with Crippen molar-refractivity contribution in [1.29, 1.82) is 0 Å². The summed E-state index contributed by atoms with van der Waals surface area (Å²) in [4.78, 5) is 10.8. The molecule has 0 saturated carbocycles. The van der Waals surface area contributed by atoms with Crippen LogP contribution in [0, 0.1) is 0 Å². The monoisotopic (exact) mass is 429 g/mol. The first-order valence-electron chi connectivity index (χ1n) is 9.28. The van der Waals surface area contributed by atoms with E-state index in [9.17, 15) is 13.2 Å². The van der Waals surface area contributed by atoms with E-state index in [1.54, 1.807) is 0 Å². The second-order valence-electron chi connectivity index (χ2n) is 6.63. The third kappa shape index (κ3) is 4.55. The highest BCUT2D eigenvalue weighted by Gasteiger charge is 2.31. The van der Waals surface area contributed by atoms with Crippen molar-refractivity contribution in [3.63, 3.8) is 0 Å². The Morgan fingerprint density at radius 1 is 1.13 bits per heavy atom. The zero-order chi connectivity index (χ0) is 21.7. The van der Waals surface area contributed by atoms with E-state index < -0.39 is 16.0 Å². The number of rotatable bonds is 7. The van der Waals surface area contributed by atoms with Gasteiger partial charge in [-0.15, -0.1) is 0 Å². The standard InChI is InChI=1S/C22H23NO6S/c1-28-19-14-16(8-9-21(24)25)15-20(22(19)29-2)30(26,27)23-12-10-18(11-13-23)17-6-4-3-5-7-17/h3-10,14-15H,11-13H2,1-2H3,(H,24,25)/b9-8-. The molecule has 1 heterocycles. The summed E-state index contributed by atoms with van der Waals surface area (Å²) in [6.07, 6.45) is 4.75. The van der Waals surface area contributed by atoms with Crippen molar-refractivity contribution in [2.45, 2.75) is 11.3 Å². The molecule has 0 aliphatic carbocycles. The molecule has 1 aliphatic rings. The van der Waals surface area contributed by atoms with Gasteiger partial charge in [0.25, 0.3) is 0 Å². The minimum atomic E-state index is -3.90. The van der Waals surface area contributed by atoms with Gasteiger partial charge in [-0.2, -0.15) is 4.31 Å². The highest BCUT2D eigenvalue weighted by atomic mass is 32.2. The molecule has 0 saturated heterocycles. The van der Waals surface area contributed by atoms with Crippen LogP contribution in [0.5, 0.6) is 11.5 Å². The van der Waals surface area contributed by atoms with Crippen LogP contribution in [0.3, 0.4) is 0 Å². The van der Waals surface area contributed by atoms with Crippen LogP contribution in [0.1, 0.15) is 17.5 Å². The first-order chi connectivity index (χ1) is 14.4.